The van der Waals surface area contributed by atoms with Crippen molar-refractivity contribution in [2.24, 2.45) is 0 Å². The van der Waals surface area contributed by atoms with E-state index in [0.717, 1.165) is 36.3 Å². The summed E-state index contributed by atoms with van der Waals surface area (Å²) < 4.78 is 38.8. The van der Waals surface area contributed by atoms with E-state index in [2.05, 4.69) is 37.1 Å². The van der Waals surface area contributed by atoms with Crippen LogP contribution in [0.2, 0.25) is 0 Å². The van der Waals surface area contributed by atoms with Crippen molar-refractivity contribution in [3.63, 3.8) is 0 Å². The molecule has 0 amide bonds. The number of halogens is 3. The van der Waals surface area contributed by atoms with Crippen LogP contribution in [0.15, 0.2) is 36.6 Å². The zero-order valence-electron chi connectivity index (χ0n) is 16.9. The Hall–Kier alpha value is -2.97. The Kier molecular flexibility index (Phi) is 7.30. The van der Waals surface area contributed by atoms with Crippen molar-refractivity contribution in [1.29, 1.82) is 0 Å². The van der Waals surface area contributed by atoms with Crippen molar-refractivity contribution < 1.29 is 13.2 Å². The quantitative estimate of drug-likeness (QED) is 0.555. The van der Waals surface area contributed by atoms with Gasteiger partial charge in [-0.25, -0.2) is 0 Å². The van der Waals surface area contributed by atoms with Gasteiger partial charge in [0.25, 0.3) is 0 Å². The Morgan fingerprint density at radius 3 is 2.48 bits per heavy atom. The van der Waals surface area contributed by atoms with E-state index in [4.69, 9.17) is 0 Å². The second kappa shape index (κ2) is 9.49. The van der Waals surface area contributed by atoms with Crippen molar-refractivity contribution in [1.82, 2.24) is 19.9 Å². The van der Waals surface area contributed by atoms with E-state index in [-0.39, 0.29) is 17.7 Å². The molecule has 6 nitrogen and oxygen atoms in total. The van der Waals surface area contributed by atoms with E-state index in [0.29, 0.717) is 11.8 Å². The van der Waals surface area contributed by atoms with Gasteiger partial charge in [-0.15, -0.1) is 0 Å². The molecule has 156 valence electrons. The number of nitrogens with one attached hydrogen (secondary N) is 2. The number of nitrogens with zero attached hydrogens (tertiary/aromatic N) is 4. The maximum absolute atomic E-state index is 12.9. The van der Waals surface area contributed by atoms with E-state index in [1.807, 2.05) is 33.8 Å². The summed E-state index contributed by atoms with van der Waals surface area (Å²) in [6, 6.07) is 2.40. The first-order valence-electron chi connectivity index (χ1n) is 9.27. The zero-order valence-corrected chi connectivity index (χ0v) is 16.9. The van der Waals surface area contributed by atoms with Crippen LogP contribution in [0.3, 0.4) is 0 Å². The molecule has 0 saturated carbocycles. The molecule has 2 rings (SSSR count). The Morgan fingerprint density at radius 2 is 1.90 bits per heavy atom. The normalized spacial score (nSPS) is 12.2. The van der Waals surface area contributed by atoms with Gasteiger partial charge in [-0.1, -0.05) is 31.6 Å². The molecule has 2 aromatic heterocycles. The number of rotatable bonds is 8. The molecule has 0 radical (unpaired) electrons. The molecule has 0 aliphatic rings. The molecular formula is C20H25F3N6. The molecular weight excluding hydrogens is 381 g/mol. The van der Waals surface area contributed by atoms with Gasteiger partial charge in [-0.05, 0) is 44.9 Å². The van der Waals surface area contributed by atoms with E-state index >= 15 is 0 Å². The average molecular weight is 406 g/mol. The minimum absolute atomic E-state index is 0.0654. The highest BCUT2D eigenvalue weighted by Gasteiger charge is 2.32. The molecule has 2 aromatic rings. The van der Waals surface area contributed by atoms with Gasteiger partial charge in [0.15, 0.2) is 5.82 Å². The molecule has 29 heavy (non-hydrogen) atoms. The third kappa shape index (κ3) is 6.85. The van der Waals surface area contributed by atoms with Crippen LogP contribution in [0, 0.1) is 0 Å². The largest absolute Gasteiger partial charge is 0.433 e. The summed E-state index contributed by atoms with van der Waals surface area (Å²) in [6.07, 6.45) is 0.0511. The first-order chi connectivity index (χ1) is 13.6. The highest BCUT2D eigenvalue weighted by atomic mass is 19.4. The van der Waals surface area contributed by atoms with Gasteiger partial charge in [0.05, 0.1) is 0 Å². The van der Waals surface area contributed by atoms with E-state index in [1.54, 1.807) is 0 Å². The number of hydrogen-bond acceptors (Lipinski definition) is 6. The average Bonchev–Trinajstić information content (AvgIpc) is 2.59. The number of pyridine rings is 1. The zero-order chi connectivity index (χ0) is 21.6. The third-order valence-corrected chi connectivity index (χ3v) is 3.59. The van der Waals surface area contributed by atoms with Gasteiger partial charge in [-0.3, -0.25) is 4.98 Å². The molecule has 2 N–H and O–H groups in total. The molecule has 0 aliphatic heterocycles. The summed E-state index contributed by atoms with van der Waals surface area (Å²) in [6.45, 7) is 11.7. The highest BCUT2D eigenvalue weighted by molar-refractivity contribution is 5.65. The maximum Gasteiger partial charge on any atom is 0.433 e. The molecule has 2 heterocycles. The second-order valence-corrected chi connectivity index (χ2v) is 6.92. The van der Waals surface area contributed by atoms with Crippen LogP contribution in [-0.2, 0) is 6.18 Å². The summed E-state index contributed by atoms with van der Waals surface area (Å²) in [5, 5.41) is 5.94. The Labute approximate surface area is 168 Å². The lowest BCUT2D eigenvalue weighted by molar-refractivity contribution is -0.141. The van der Waals surface area contributed by atoms with Gasteiger partial charge in [0, 0.05) is 17.9 Å². The predicted octanol–water partition coefficient (Wildman–Crippen LogP) is 5.61. The molecule has 0 saturated heterocycles. The van der Waals surface area contributed by atoms with Crippen LogP contribution in [0.1, 0.15) is 52.1 Å². The Balaban J connectivity index is 2.47. The fourth-order valence-electron chi connectivity index (χ4n) is 2.51. The minimum Gasteiger partial charge on any atom is -0.352 e. The lowest BCUT2D eigenvalue weighted by Gasteiger charge is -2.14. The Bertz CT molecular complexity index is 890. The van der Waals surface area contributed by atoms with Gasteiger partial charge in [0.1, 0.15) is 5.69 Å². The first-order valence-corrected chi connectivity index (χ1v) is 9.27. The fraction of sp³-hybridized carbons (Fsp3) is 0.400. The van der Waals surface area contributed by atoms with Crippen molar-refractivity contribution >= 4 is 23.2 Å². The molecule has 0 aliphatic carbocycles. The highest BCUT2D eigenvalue weighted by Crippen LogP contribution is 2.29. The standard InChI is InChI=1S/C20H25F3N6/c1-6-7-14(10-12(2)3)17-27-18(25-13(4)5)29-19(28-17)26-15-8-9-24-16(11-15)20(21,22)23/h8-11,13H,2,6-7H2,1,3-5H3,(H2,24,25,26,27,28,29). The summed E-state index contributed by atoms with van der Waals surface area (Å²) in [4.78, 5) is 16.5. The molecule has 0 bridgehead atoms. The summed E-state index contributed by atoms with van der Waals surface area (Å²) in [7, 11) is 0. The number of anilines is 3. The lowest BCUT2D eigenvalue weighted by atomic mass is 10.1. The van der Waals surface area contributed by atoms with Gasteiger partial charge in [-0.2, -0.15) is 28.1 Å². The van der Waals surface area contributed by atoms with Crippen LogP contribution < -0.4 is 10.6 Å². The smallest absolute Gasteiger partial charge is 0.352 e. The molecule has 0 atom stereocenters. The van der Waals surface area contributed by atoms with Crippen LogP contribution in [0.5, 0.6) is 0 Å². The Morgan fingerprint density at radius 1 is 1.21 bits per heavy atom. The van der Waals surface area contributed by atoms with Gasteiger partial charge in [0.2, 0.25) is 11.9 Å². The van der Waals surface area contributed by atoms with Crippen molar-refractivity contribution in [3.05, 3.63) is 48.1 Å². The van der Waals surface area contributed by atoms with Crippen LogP contribution in [0.4, 0.5) is 30.8 Å². The topological polar surface area (TPSA) is 75.6 Å². The summed E-state index contributed by atoms with van der Waals surface area (Å²) in [5.74, 6) is 0.920. The summed E-state index contributed by atoms with van der Waals surface area (Å²) >= 11 is 0. The third-order valence-electron chi connectivity index (χ3n) is 3.59. The fourth-order valence-corrected chi connectivity index (χ4v) is 2.51. The number of aromatic nitrogens is 4. The molecule has 0 fully saturated rings. The van der Waals surface area contributed by atoms with Gasteiger partial charge >= 0.3 is 6.18 Å². The van der Waals surface area contributed by atoms with Crippen molar-refractivity contribution in [2.45, 2.75) is 52.8 Å². The monoisotopic (exact) mass is 406 g/mol. The van der Waals surface area contributed by atoms with Crippen LogP contribution in [-0.4, -0.2) is 26.0 Å². The lowest BCUT2D eigenvalue weighted by Crippen LogP contribution is -2.15. The molecule has 0 aromatic carbocycles. The number of hydrogen-bond donors (Lipinski definition) is 2. The number of alkyl halides is 3. The summed E-state index contributed by atoms with van der Waals surface area (Å²) in [5.41, 5.74) is 0.917. The molecule has 0 unspecified atom stereocenters. The number of allylic oxidation sites excluding steroid dienone is 3. The van der Waals surface area contributed by atoms with Crippen LogP contribution in [0.25, 0.3) is 5.57 Å². The minimum atomic E-state index is -4.54. The van der Waals surface area contributed by atoms with E-state index in [1.165, 1.54) is 6.07 Å². The van der Waals surface area contributed by atoms with Crippen molar-refractivity contribution in [3.8, 4) is 0 Å². The predicted molar refractivity (Wildman–Crippen MR) is 109 cm³/mol. The maximum atomic E-state index is 12.9. The SMILES string of the molecule is C=C(C)C=C(CCC)c1nc(Nc2ccnc(C(F)(F)F)c2)nc(NC(C)C)n1. The van der Waals surface area contributed by atoms with Gasteiger partial charge < -0.3 is 10.6 Å². The van der Waals surface area contributed by atoms with Crippen LogP contribution >= 0.6 is 0 Å². The molecule has 0 spiro atoms. The second-order valence-electron chi connectivity index (χ2n) is 6.92. The molecule has 9 heteroatoms. The van der Waals surface area contributed by atoms with E-state index in [9.17, 15) is 13.2 Å². The first kappa shape index (κ1) is 22.3. The van der Waals surface area contributed by atoms with Crippen molar-refractivity contribution in [2.75, 3.05) is 10.6 Å². The van der Waals surface area contributed by atoms with E-state index < -0.39 is 11.9 Å².